The third kappa shape index (κ3) is 8.03. The van der Waals surface area contributed by atoms with E-state index in [2.05, 4.69) is 9.80 Å². The van der Waals surface area contributed by atoms with Gasteiger partial charge in [0.2, 0.25) is 0 Å². The first kappa shape index (κ1) is 23.3. The highest BCUT2D eigenvalue weighted by Crippen LogP contribution is 2.28. The Morgan fingerprint density at radius 2 is 1.84 bits per heavy atom. The number of rotatable bonds is 12. The van der Waals surface area contributed by atoms with Gasteiger partial charge in [0.15, 0.2) is 11.5 Å². The monoisotopic (exact) mass is 430 g/mol. The summed E-state index contributed by atoms with van der Waals surface area (Å²) in [6, 6.07) is 15.5. The van der Waals surface area contributed by atoms with Gasteiger partial charge < -0.3 is 24.1 Å². The van der Waals surface area contributed by atoms with Crippen molar-refractivity contribution >= 4 is 0 Å². The van der Waals surface area contributed by atoms with Crippen LogP contribution in [0.2, 0.25) is 0 Å². The fourth-order valence-corrected chi connectivity index (χ4v) is 3.54. The Labute approximate surface area is 185 Å². The zero-order valence-electron chi connectivity index (χ0n) is 18.5. The lowest BCUT2D eigenvalue weighted by molar-refractivity contribution is 0.0321. The highest BCUT2D eigenvalue weighted by atomic mass is 16.5. The summed E-state index contributed by atoms with van der Waals surface area (Å²) < 4.78 is 22.5. The van der Waals surface area contributed by atoms with Gasteiger partial charge >= 0.3 is 0 Å². The lowest BCUT2D eigenvalue weighted by Crippen LogP contribution is -2.38. The van der Waals surface area contributed by atoms with Crippen LogP contribution in [0.5, 0.6) is 17.2 Å². The molecule has 7 nitrogen and oxygen atoms in total. The third-order valence-corrected chi connectivity index (χ3v) is 5.16. The van der Waals surface area contributed by atoms with E-state index in [1.165, 1.54) is 0 Å². The molecule has 7 heteroatoms. The molecule has 3 rings (SSSR count). The van der Waals surface area contributed by atoms with Gasteiger partial charge in [-0.25, -0.2) is 0 Å². The molecule has 2 aromatic rings. The molecule has 0 aromatic heterocycles. The molecule has 0 bridgehead atoms. The summed E-state index contributed by atoms with van der Waals surface area (Å²) in [5, 5.41) is 10.3. The molecule has 0 spiro atoms. The quantitative estimate of drug-likeness (QED) is 0.554. The number of hydrogen-bond donors (Lipinski definition) is 1. The van der Waals surface area contributed by atoms with Crippen molar-refractivity contribution in [3.05, 3.63) is 54.1 Å². The largest absolute Gasteiger partial charge is 0.493 e. The predicted octanol–water partition coefficient (Wildman–Crippen LogP) is 2.28. The molecule has 0 amide bonds. The Morgan fingerprint density at radius 3 is 2.58 bits per heavy atom. The second-order valence-corrected chi connectivity index (χ2v) is 7.76. The molecule has 0 unspecified atom stereocenters. The van der Waals surface area contributed by atoms with E-state index in [1.54, 1.807) is 7.11 Å². The number of morpholine rings is 1. The minimum Gasteiger partial charge on any atom is -0.493 e. The van der Waals surface area contributed by atoms with Gasteiger partial charge in [0.25, 0.3) is 0 Å². The smallest absolute Gasteiger partial charge is 0.161 e. The Hall–Kier alpha value is -2.32. The van der Waals surface area contributed by atoms with Gasteiger partial charge in [0, 0.05) is 32.7 Å². The standard InChI is InChI=1S/C24H34N2O5/c1-25(18-21(27)19-31-22-6-4-3-5-7-22)17-20-8-9-23(24(16-20)28-2)30-15-12-26-10-13-29-14-11-26/h3-9,16,21,27H,10-15,17-19H2,1-2H3/t21-/m0/s1. The number of para-hydroxylation sites is 1. The number of aliphatic hydroxyl groups is 1. The van der Waals surface area contributed by atoms with Crippen molar-refractivity contribution in [2.24, 2.45) is 0 Å². The van der Waals surface area contributed by atoms with Crippen LogP contribution in [0, 0.1) is 0 Å². The maximum atomic E-state index is 10.3. The van der Waals surface area contributed by atoms with Gasteiger partial charge in [-0.05, 0) is 36.9 Å². The van der Waals surface area contributed by atoms with Gasteiger partial charge in [-0.2, -0.15) is 0 Å². The van der Waals surface area contributed by atoms with Gasteiger partial charge in [-0.3, -0.25) is 9.80 Å². The van der Waals surface area contributed by atoms with E-state index < -0.39 is 6.10 Å². The highest BCUT2D eigenvalue weighted by molar-refractivity contribution is 5.43. The number of aliphatic hydroxyl groups excluding tert-OH is 1. The van der Waals surface area contributed by atoms with Crippen LogP contribution in [0.15, 0.2) is 48.5 Å². The summed E-state index contributed by atoms with van der Waals surface area (Å²) >= 11 is 0. The summed E-state index contributed by atoms with van der Waals surface area (Å²) in [4.78, 5) is 4.40. The van der Waals surface area contributed by atoms with Crippen LogP contribution in [-0.4, -0.2) is 87.8 Å². The number of likely N-dealkylation sites (N-methyl/N-ethyl adjacent to an activating group) is 1. The molecule has 1 N–H and O–H groups in total. The molecule has 0 aliphatic carbocycles. The summed E-state index contributed by atoms with van der Waals surface area (Å²) in [6.07, 6.45) is -0.574. The number of ether oxygens (including phenoxy) is 4. The number of hydrogen-bond acceptors (Lipinski definition) is 7. The summed E-state index contributed by atoms with van der Waals surface area (Å²) in [5.41, 5.74) is 1.09. The van der Waals surface area contributed by atoms with Crippen LogP contribution < -0.4 is 14.2 Å². The van der Waals surface area contributed by atoms with E-state index in [1.807, 2.05) is 55.6 Å². The average molecular weight is 431 g/mol. The molecule has 1 aliphatic rings. The number of methoxy groups -OCH3 is 1. The molecular weight excluding hydrogens is 396 g/mol. The number of benzene rings is 2. The first-order valence-corrected chi connectivity index (χ1v) is 10.8. The van der Waals surface area contributed by atoms with Crippen molar-refractivity contribution in [3.8, 4) is 17.2 Å². The van der Waals surface area contributed by atoms with Crippen LogP contribution in [0.25, 0.3) is 0 Å². The summed E-state index contributed by atoms with van der Waals surface area (Å²) in [5.74, 6) is 2.23. The molecule has 0 radical (unpaired) electrons. The lowest BCUT2D eigenvalue weighted by atomic mass is 10.2. The van der Waals surface area contributed by atoms with E-state index in [0.717, 1.165) is 55.7 Å². The second-order valence-electron chi connectivity index (χ2n) is 7.76. The maximum absolute atomic E-state index is 10.3. The molecule has 0 saturated carbocycles. The molecule has 170 valence electrons. The molecule has 1 aliphatic heterocycles. The van der Waals surface area contributed by atoms with E-state index in [9.17, 15) is 5.11 Å². The zero-order chi connectivity index (χ0) is 21.9. The van der Waals surface area contributed by atoms with Gasteiger partial charge in [-0.1, -0.05) is 24.3 Å². The summed E-state index contributed by atoms with van der Waals surface area (Å²) in [7, 11) is 3.63. The Bertz CT molecular complexity index is 768. The Morgan fingerprint density at radius 1 is 1.06 bits per heavy atom. The van der Waals surface area contributed by atoms with Crippen LogP contribution in [0.1, 0.15) is 5.56 Å². The molecule has 2 aromatic carbocycles. The van der Waals surface area contributed by atoms with Crippen LogP contribution in [0.4, 0.5) is 0 Å². The van der Waals surface area contributed by atoms with Crippen molar-refractivity contribution in [1.82, 2.24) is 9.80 Å². The maximum Gasteiger partial charge on any atom is 0.161 e. The van der Waals surface area contributed by atoms with E-state index >= 15 is 0 Å². The van der Waals surface area contributed by atoms with Gasteiger partial charge in [0.1, 0.15) is 25.1 Å². The molecule has 1 saturated heterocycles. The first-order chi connectivity index (χ1) is 15.1. The fraction of sp³-hybridized carbons (Fsp3) is 0.500. The first-order valence-electron chi connectivity index (χ1n) is 10.8. The number of nitrogens with zero attached hydrogens (tertiary/aromatic N) is 2. The minimum absolute atomic E-state index is 0.258. The third-order valence-electron chi connectivity index (χ3n) is 5.16. The molecular formula is C24H34N2O5. The lowest BCUT2D eigenvalue weighted by Gasteiger charge is -2.26. The average Bonchev–Trinajstić information content (AvgIpc) is 2.80. The predicted molar refractivity (Wildman–Crippen MR) is 120 cm³/mol. The SMILES string of the molecule is COc1cc(CN(C)C[C@H](O)COc2ccccc2)ccc1OCCN1CCOCC1. The van der Waals surface area contributed by atoms with Crippen LogP contribution >= 0.6 is 0 Å². The fourth-order valence-electron chi connectivity index (χ4n) is 3.54. The Balaban J connectivity index is 1.43. The highest BCUT2D eigenvalue weighted by Gasteiger charge is 2.13. The second kappa shape index (κ2) is 12.5. The van der Waals surface area contributed by atoms with Crippen molar-refractivity contribution in [2.45, 2.75) is 12.6 Å². The summed E-state index contributed by atoms with van der Waals surface area (Å²) in [6.45, 7) is 6.43. The van der Waals surface area contributed by atoms with Crippen molar-refractivity contribution < 1.29 is 24.1 Å². The normalized spacial score (nSPS) is 15.6. The van der Waals surface area contributed by atoms with Crippen LogP contribution in [-0.2, 0) is 11.3 Å². The Kier molecular flexibility index (Phi) is 9.42. The molecule has 1 heterocycles. The van der Waals surface area contributed by atoms with Crippen molar-refractivity contribution in [3.63, 3.8) is 0 Å². The van der Waals surface area contributed by atoms with Crippen molar-refractivity contribution in [2.75, 3.05) is 66.8 Å². The topological polar surface area (TPSA) is 63.6 Å². The van der Waals surface area contributed by atoms with Crippen molar-refractivity contribution in [1.29, 1.82) is 0 Å². The van der Waals surface area contributed by atoms with Gasteiger partial charge in [0.05, 0.1) is 20.3 Å². The molecule has 31 heavy (non-hydrogen) atoms. The van der Waals surface area contributed by atoms with E-state index in [-0.39, 0.29) is 6.61 Å². The molecule has 1 fully saturated rings. The molecule has 1 atom stereocenters. The zero-order valence-corrected chi connectivity index (χ0v) is 18.5. The van der Waals surface area contributed by atoms with Crippen LogP contribution in [0.3, 0.4) is 0 Å². The van der Waals surface area contributed by atoms with E-state index in [4.69, 9.17) is 18.9 Å². The van der Waals surface area contributed by atoms with E-state index in [0.29, 0.717) is 19.7 Å². The minimum atomic E-state index is -0.574. The van der Waals surface area contributed by atoms with Gasteiger partial charge in [-0.15, -0.1) is 0 Å².